The van der Waals surface area contributed by atoms with E-state index in [1.807, 2.05) is 39.0 Å². The first-order valence-corrected chi connectivity index (χ1v) is 8.23. The third-order valence-electron chi connectivity index (χ3n) is 3.35. The molecule has 0 aliphatic rings. The predicted molar refractivity (Wildman–Crippen MR) is 95.5 cm³/mol. The zero-order valence-corrected chi connectivity index (χ0v) is 15.2. The normalized spacial score (nSPS) is 12.4. The maximum Gasteiger partial charge on any atom is 0.412 e. The van der Waals surface area contributed by atoms with Gasteiger partial charge in [-0.25, -0.2) is 4.79 Å². The average Bonchev–Trinajstić information content (AvgIpc) is 2.46. The summed E-state index contributed by atoms with van der Waals surface area (Å²) in [6.07, 6.45) is 2.72. The highest BCUT2D eigenvalue weighted by molar-refractivity contribution is 5.90. The van der Waals surface area contributed by atoms with Crippen LogP contribution in [0.5, 0.6) is 5.75 Å². The molecule has 0 saturated carbocycles. The number of benzene rings is 1. The molecule has 5 nitrogen and oxygen atoms in total. The van der Waals surface area contributed by atoms with Crippen molar-refractivity contribution >= 4 is 17.5 Å². The van der Waals surface area contributed by atoms with Crippen LogP contribution in [0.2, 0.25) is 0 Å². The number of anilines is 2. The summed E-state index contributed by atoms with van der Waals surface area (Å²) in [5.41, 5.74) is 1.00. The molecule has 0 fully saturated rings. The van der Waals surface area contributed by atoms with Crippen LogP contribution in [0.3, 0.4) is 0 Å². The van der Waals surface area contributed by atoms with Crippen LogP contribution < -0.4 is 15.4 Å². The van der Waals surface area contributed by atoms with Gasteiger partial charge in [-0.05, 0) is 45.7 Å². The quantitative estimate of drug-likeness (QED) is 0.739. The van der Waals surface area contributed by atoms with Gasteiger partial charge in [0.25, 0.3) is 0 Å². The van der Waals surface area contributed by atoms with E-state index in [-0.39, 0.29) is 0 Å². The summed E-state index contributed by atoms with van der Waals surface area (Å²) >= 11 is 0. The number of hydrogen-bond donors (Lipinski definition) is 2. The molecule has 0 aliphatic heterocycles. The Bertz CT molecular complexity index is 509. The van der Waals surface area contributed by atoms with Crippen LogP contribution in [0.15, 0.2) is 18.2 Å². The first kappa shape index (κ1) is 19.1. The van der Waals surface area contributed by atoms with Gasteiger partial charge in [-0.3, -0.25) is 5.32 Å². The molecule has 1 aromatic rings. The zero-order valence-electron chi connectivity index (χ0n) is 15.2. The van der Waals surface area contributed by atoms with E-state index in [0.29, 0.717) is 11.7 Å². The van der Waals surface area contributed by atoms with Crippen LogP contribution in [-0.2, 0) is 4.74 Å². The van der Waals surface area contributed by atoms with Crippen molar-refractivity contribution in [3.8, 4) is 5.75 Å². The van der Waals surface area contributed by atoms with Gasteiger partial charge in [-0.15, -0.1) is 0 Å². The molecule has 0 spiro atoms. The largest absolute Gasteiger partial charge is 0.497 e. The minimum absolute atomic E-state index is 0.353. The van der Waals surface area contributed by atoms with E-state index in [0.717, 1.165) is 30.7 Å². The topological polar surface area (TPSA) is 59.6 Å². The fraction of sp³-hybridized carbons (Fsp3) is 0.611. The lowest BCUT2D eigenvalue weighted by Gasteiger charge is -2.23. The third kappa shape index (κ3) is 6.80. The van der Waals surface area contributed by atoms with Crippen molar-refractivity contribution < 1.29 is 14.3 Å². The molecule has 130 valence electrons. The van der Waals surface area contributed by atoms with Crippen LogP contribution in [0.25, 0.3) is 0 Å². The zero-order chi connectivity index (χ0) is 17.5. The summed E-state index contributed by atoms with van der Waals surface area (Å²) < 4.78 is 10.6. The van der Waals surface area contributed by atoms with Crippen molar-refractivity contribution in [2.24, 2.45) is 0 Å². The molecule has 2 N–H and O–H groups in total. The van der Waals surface area contributed by atoms with E-state index in [1.54, 1.807) is 7.11 Å². The molecule has 0 saturated heterocycles. The first-order valence-electron chi connectivity index (χ1n) is 8.23. The molecule has 1 unspecified atom stereocenters. The molecule has 5 heteroatoms. The first-order chi connectivity index (χ1) is 10.8. The second-order valence-electron chi connectivity index (χ2n) is 6.58. The van der Waals surface area contributed by atoms with Crippen molar-refractivity contribution in [1.82, 2.24) is 0 Å². The van der Waals surface area contributed by atoms with E-state index in [2.05, 4.69) is 24.5 Å². The van der Waals surface area contributed by atoms with Crippen molar-refractivity contribution in [3.05, 3.63) is 18.2 Å². The number of carbonyl (C=O) groups excluding carboxylic acids is 1. The molecular weight excluding hydrogens is 292 g/mol. The maximum absolute atomic E-state index is 12.0. The number of ether oxygens (including phenoxy) is 2. The Morgan fingerprint density at radius 2 is 1.91 bits per heavy atom. The fourth-order valence-electron chi connectivity index (χ4n) is 2.24. The minimum Gasteiger partial charge on any atom is -0.497 e. The number of methoxy groups -OCH3 is 1. The van der Waals surface area contributed by atoms with Gasteiger partial charge in [0, 0.05) is 12.1 Å². The lowest BCUT2D eigenvalue weighted by atomic mass is 10.1. The van der Waals surface area contributed by atoms with Gasteiger partial charge < -0.3 is 14.8 Å². The molecule has 0 radical (unpaired) electrons. The molecule has 0 aromatic heterocycles. The Kier molecular flexibility index (Phi) is 7.20. The number of amides is 1. The summed E-state index contributed by atoms with van der Waals surface area (Å²) in [7, 11) is 1.63. The molecule has 23 heavy (non-hydrogen) atoms. The average molecular weight is 322 g/mol. The number of nitrogens with one attached hydrogen (secondary N) is 2. The minimum atomic E-state index is -0.529. The van der Waals surface area contributed by atoms with Crippen LogP contribution in [0.1, 0.15) is 53.9 Å². The van der Waals surface area contributed by atoms with Crippen molar-refractivity contribution in [2.45, 2.75) is 65.5 Å². The van der Waals surface area contributed by atoms with Crippen LogP contribution in [-0.4, -0.2) is 24.8 Å². The van der Waals surface area contributed by atoms with Crippen molar-refractivity contribution in [3.63, 3.8) is 0 Å². The molecular formula is C18H30N2O3. The number of carbonyl (C=O) groups is 1. The Hall–Kier alpha value is -1.91. The molecule has 0 aliphatic carbocycles. The molecule has 0 heterocycles. The van der Waals surface area contributed by atoms with E-state index in [9.17, 15) is 4.79 Å². The predicted octanol–water partition coefficient (Wildman–Crippen LogP) is 5.03. The Morgan fingerprint density at radius 1 is 1.22 bits per heavy atom. The van der Waals surface area contributed by atoms with E-state index >= 15 is 0 Å². The second-order valence-corrected chi connectivity index (χ2v) is 6.58. The molecule has 1 atom stereocenters. The molecule has 1 rings (SSSR count). The number of rotatable bonds is 7. The van der Waals surface area contributed by atoms with E-state index in [4.69, 9.17) is 9.47 Å². The summed E-state index contributed by atoms with van der Waals surface area (Å²) in [4.78, 5) is 12.0. The molecule has 0 bridgehead atoms. The van der Waals surface area contributed by atoms with Gasteiger partial charge in [0.2, 0.25) is 0 Å². The number of hydrogen-bond acceptors (Lipinski definition) is 4. The molecule has 1 aromatic carbocycles. The van der Waals surface area contributed by atoms with Gasteiger partial charge in [0.1, 0.15) is 11.4 Å². The summed E-state index contributed by atoms with van der Waals surface area (Å²) in [5.74, 6) is 0.744. The van der Waals surface area contributed by atoms with E-state index < -0.39 is 11.7 Å². The highest BCUT2D eigenvalue weighted by atomic mass is 16.6. The lowest BCUT2D eigenvalue weighted by Crippen LogP contribution is -2.28. The van der Waals surface area contributed by atoms with Gasteiger partial charge in [-0.1, -0.05) is 20.3 Å². The summed E-state index contributed by atoms with van der Waals surface area (Å²) in [6, 6.07) is 5.89. The monoisotopic (exact) mass is 322 g/mol. The smallest absolute Gasteiger partial charge is 0.412 e. The lowest BCUT2D eigenvalue weighted by molar-refractivity contribution is 0.0636. The van der Waals surface area contributed by atoms with Crippen molar-refractivity contribution in [2.75, 3.05) is 17.7 Å². The van der Waals surface area contributed by atoms with Crippen molar-refractivity contribution in [1.29, 1.82) is 0 Å². The van der Waals surface area contributed by atoms with Gasteiger partial charge in [0.15, 0.2) is 0 Å². The van der Waals surface area contributed by atoms with Crippen LogP contribution in [0.4, 0.5) is 16.2 Å². The summed E-state index contributed by atoms with van der Waals surface area (Å²) in [5, 5.41) is 6.30. The Balaban J connectivity index is 2.95. The van der Waals surface area contributed by atoms with Gasteiger partial charge >= 0.3 is 6.09 Å². The second kappa shape index (κ2) is 8.65. The van der Waals surface area contributed by atoms with Gasteiger partial charge in [0.05, 0.1) is 18.5 Å². The standard InChI is InChI=1S/C18H30N2O3/c1-7-9-13(8-2)19-16-12-14(22-6)10-11-15(16)20-17(21)23-18(3,4)5/h10-13,19H,7-9H2,1-6H3,(H,20,21). The maximum atomic E-state index is 12.0. The highest BCUT2D eigenvalue weighted by Gasteiger charge is 2.18. The van der Waals surface area contributed by atoms with Crippen LogP contribution in [0, 0.1) is 0 Å². The highest BCUT2D eigenvalue weighted by Crippen LogP contribution is 2.29. The fourth-order valence-corrected chi connectivity index (χ4v) is 2.24. The van der Waals surface area contributed by atoms with Gasteiger partial charge in [-0.2, -0.15) is 0 Å². The summed E-state index contributed by atoms with van der Waals surface area (Å²) in [6.45, 7) is 9.83. The SMILES string of the molecule is CCCC(CC)Nc1cc(OC)ccc1NC(=O)OC(C)(C)C. The van der Waals surface area contributed by atoms with E-state index in [1.165, 1.54) is 0 Å². The van der Waals surface area contributed by atoms with Crippen LogP contribution >= 0.6 is 0 Å². The Morgan fingerprint density at radius 3 is 2.43 bits per heavy atom. The molecule has 1 amide bonds. The Labute approximate surface area is 139 Å². The third-order valence-corrected chi connectivity index (χ3v) is 3.35.